The van der Waals surface area contributed by atoms with E-state index in [0.717, 1.165) is 49.3 Å². The SMILES string of the molecule is Cc1cc(C)c(NC(=O)CCC2CCOCC2)c(Cl)c1. The van der Waals surface area contributed by atoms with Gasteiger partial charge in [0.25, 0.3) is 0 Å². The zero-order valence-corrected chi connectivity index (χ0v) is 12.9. The second kappa shape index (κ2) is 7.09. The average Bonchev–Trinajstić information content (AvgIpc) is 2.42. The van der Waals surface area contributed by atoms with Gasteiger partial charge in [0.1, 0.15) is 0 Å². The van der Waals surface area contributed by atoms with Crippen molar-refractivity contribution < 1.29 is 9.53 Å². The molecule has 0 bridgehead atoms. The van der Waals surface area contributed by atoms with E-state index < -0.39 is 0 Å². The van der Waals surface area contributed by atoms with Gasteiger partial charge in [0.15, 0.2) is 0 Å². The molecule has 1 saturated heterocycles. The van der Waals surface area contributed by atoms with Crippen LogP contribution in [0.3, 0.4) is 0 Å². The quantitative estimate of drug-likeness (QED) is 0.908. The topological polar surface area (TPSA) is 38.3 Å². The number of nitrogens with one attached hydrogen (secondary N) is 1. The van der Waals surface area contributed by atoms with Crippen molar-refractivity contribution in [2.24, 2.45) is 5.92 Å². The number of benzene rings is 1. The molecule has 4 heteroatoms. The zero-order valence-electron chi connectivity index (χ0n) is 12.2. The van der Waals surface area contributed by atoms with Crippen molar-refractivity contribution in [1.29, 1.82) is 0 Å². The van der Waals surface area contributed by atoms with E-state index in [1.54, 1.807) is 0 Å². The molecule has 1 N–H and O–H groups in total. The Morgan fingerprint density at radius 2 is 2.05 bits per heavy atom. The smallest absolute Gasteiger partial charge is 0.224 e. The van der Waals surface area contributed by atoms with Gasteiger partial charge >= 0.3 is 0 Å². The highest BCUT2D eigenvalue weighted by Gasteiger charge is 2.16. The van der Waals surface area contributed by atoms with Gasteiger partial charge in [-0.25, -0.2) is 0 Å². The lowest BCUT2D eigenvalue weighted by molar-refractivity contribution is -0.116. The first-order chi connectivity index (χ1) is 9.56. The molecule has 3 nitrogen and oxygen atoms in total. The van der Waals surface area contributed by atoms with Crippen LogP contribution in [0.2, 0.25) is 5.02 Å². The predicted molar refractivity (Wildman–Crippen MR) is 82.3 cm³/mol. The Labute approximate surface area is 125 Å². The third-order valence-corrected chi connectivity index (χ3v) is 4.11. The number of carbonyl (C=O) groups excluding carboxylic acids is 1. The molecule has 2 rings (SSSR count). The lowest BCUT2D eigenvalue weighted by atomic mass is 9.95. The fourth-order valence-electron chi connectivity index (χ4n) is 2.65. The maximum absolute atomic E-state index is 12.0. The number of carbonyl (C=O) groups is 1. The van der Waals surface area contributed by atoms with Crippen molar-refractivity contribution in [3.05, 3.63) is 28.3 Å². The van der Waals surface area contributed by atoms with Gasteiger partial charge in [-0.3, -0.25) is 4.79 Å². The van der Waals surface area contributed by atoms with Gasteiger partial charge in [-0.05, 0) is 56.2 Å². The molecule has 1 amide bonds. The fraction of sp³-hybridized carbons (Fsp3) is 0.562. The molecule has 0 radical (unpaired) electrons. The molecule has 0 saturated carbocycles. The van der Waals surface area contributed by atoms with E-state index >= 15 is 0 Å². The Balaban J connectivity index is 1.88. The van der Waals surface area contributed by atoms with Crippen LogP contribution in [0.15, 0.2) is 12.1 Å². The van der Waals surface area contributed by atoms with E-state index in [0.29, 0.717) is 17.4 Å². The summed E-state index contributed by atoms with van der Waals surface area (Å²) in [7, 11) is 0. The minimum Gasteiger partial charge on any atom is -0.381 e. The van der Waals surface area contributed by atoms with Crippen LogP contribution in [0.25, 0.3) is 0 Å². The molecular formula is C16H22ClNO2. The highest BCUT2D eigenvalue weighted by atomic mass is 35.5. The molecule has 1 fully saturated rings. The fourth-order valence-corrected chi connectivity index (χ4v) is 3.01. The number of aryl methyl sites for hydroxylation is 2. The van der Waals surface area contributed by atoms with E-state index in [9.17, 15) is 4.79 Å². The van der Waals surface area contributed by atoms with Gasteiger partial charge in [0, 0.05) is 19.6 Å². The molecule has 0 spiro atoms. The Bertz CT molecular complexity index is 458. The Morgan fingerprint density at radius 3 is 2.70 bits per heavy atom. The van der Waals surface area contributed by atoms with Gasteiger partial charge in [-0.1, -0.05) is 17.7 Å². The summed E-state index contributed by atoms with van der Waals surface area (Å²) in [5, 5.41) is 3.56. The number of hydrogen-bond acceptors (Lipinski definition) is 2. The first-order valence-electron chi connectivity index (χ1n) is 7.20. The number of halogens is 1. The van der Waals surface area contributed by atoms with Gasteiger partial charge in [-0.2, -0.15) is 0 Å². The summed E-state index contributed by atoms with van der Waals surface area (Å²) >= 11 is 6.20. The number of amides is 1. The van der Waals surface area contributed by atoms with E-state index in [1.807, 2.05) is 26.0 Å². The van der Waals surface area contributed by atoms with Crippen LogP contribution in [0.1, 0.15) is 36.8 Å². The highest BCUT2D eigenvalue weighted by Crippen LogP contribution is 2.28. The lowest BCUT2D eigenvalue weighted by Gasteiger charge is -2.21. The van der Waals surface area contributed by atoms with Crippen LogP contribution >= 0.6 is 11.6 Å². The molecule has 110 valence electrons. The Hall–Kier alpha value is -1.06. The number of rotatable bonds is 4. The van der Waals surface area contributed by atoms with Crippen LogP contribution in [0, 0.1) is 19.8 Å². The molecular weight excluding hydrogens is 274 g/mol. The van der Waals surface area contributed by atoms with Gasteiger partial charge in [0.05, 0.1) is 10.7 Å². The van der Waals surface area contributed by atoms with E-state index in [-0.39, 0.29) is 5.91 Å². The van der Waals surface area contributed by atoms with Gasteiger partial charge < -0.3 is 10.1 Å². The first-order valence-corrected chi connectivity index (χ1v) is 7.58. The van der Waals surface area contributed by atoms with Crippen LogP contribution < -0.4 is 5.32 Å². The summed E-state index contributed by atoms with van der Waals surface area (Å²) in [6.07, 6.45) is 3.61. The standard InChI is InChI=1S/C16H22ClNO2/c1-11-9-12(2)16(14(17)10-11)18-15(19)4-3-13-5-7-20-8-6-13/h9-10,13H,3-8H2,1-2H3,(H,18,19). The van der Waals surface area contributed by atoms with Gasteiger partial charge in [0.2, 0.25) is 5.91 Å². The maximum Gasteiger partial charge on any atom is 0.224 e. The van der Waals surface area contributed by atoms with Crippen molar-refractivity contribution in [3.63, 3.8) is 0 Å². The van der Waals surface area contributed by atoms with E-state index in [4.69, 9.17) is 16.3 Å². The van der Waals surface area contributed by atoms with Crippen LogP contribution in [0.4, 0.5) is 5.69 Å². The molecule has 0 unspecified atom stereocenters. The molecule has 0 aliphatic carbocycles. The summed E-state index contributed by atoms with van der Waals surface area (Å²) in [5.74, 6) is 0.662. The Morgan fingerprint density at radius 1 is 1.35 bits per heavy atom. The number of hydrogen-bond donors (Lipinski definition) is 1. The monoisotopic (exact) mass is 295 g/mol. The van der Waals surface area contributed by atoms with Gasteiger partial charge in [-0.15, -0.1) is 0 Å². The predicted octanol–water partition coefficient (Wildman–Crippen LogP) is 4.10. The molecule has 0 aromatic heterocycles. The molecule has 20 heavy (non-hydrogen) atoms. The molecule has 1 aliphatic heterocycles. The summed E-state index contributed by atoms with van der Waals surface area (Å²) in [6, 6.07) is 3.91. The van der Waals surface area contributed by atoms with Crippen molar-refractivity contribution >= 4 is 23.2 Å². The average molecular weight is 296 g/mol. The minimum absolute atomic E-state index is 0.0466. The second-order valence-electron chi connectivity index (χ2n) is 5.58. The number of anilines is 1. The molecule has 0 atom stereocenters. The van der Waals surface area contributed by atoms with Crippen LogP contribution in [-0.4, -0.2) is 19.1 Å². The first kappa shape index (κ1) is 15.3. The third-order valence-electron chi connectivity index (χ3n) is 3.82. The Kier molecular flexibility index (Phi) is 5.44. The van der Waals surface area contributed by atoms with Crippen LogP contribution in [-0.2, 0) is 9.53 Å². The summed E-state index contributed by atoms with van der Waals surface area (Å²) in [6.45, 7) is 5.62. The second-order valence-corrected chi connectivity index (χ2v) is 5.99. The third kappa shape index (κ3) is 4.22. The van der Waals surface area contributed by atoms with E-state index in [1.165, 1.54) is 0 Å². The normalized spacial score (nSPS) is 16.1. The maximum atomic E-state index is 12.0. The van der Waals surface area contributed by atoms with Crippen molar-refractivity contribution in [2.75, 3.05) is 18.5 Å². The summed E-state index contributed by atoms with van der Waals surface area (Å²) in [5.41, 5.74) is 2.86. The lowest BCUT2D eigenvalue weighted by Crippen LogP contribution is -2.19. The van der Waals surface area contributed by atoms with E-state index in [2.05, 4.69) is 5.32 Å². The van der Waals surface area contributed by atoms with Crippen molar-refractivity contribution in [3.8, 4) is 0 Å². The van der Waals surface area contributed by atoms with Crippen molar-refractivity contribution in [2.45, 2.75) is 39.5 Å². The largest absolute Gasteiger partial charge is 0.381 e. The molecule has 1 aromatic carbocycles. The molecule has 1 aliphatic rings. The van der Waals surface area contributed by atoms with Crippen LogP contribution in [0.5, 0.6) is 0 Å². The summed E-state index contributed by atoms with van der Waals surface area (Å²) in [4.78, 5) is 12.0. The number of ether oxygens (including phenoxy) is 1. The molecule has 1 aromatic rings. The summed E-state index contributed by atoms with van der Waals surface area (Å²) < 4.78 is 5.33. The zero-order chi connectivity index (χ0) is 14.5. The highest BCUT2D eigenvalue weighted by molar-refractivity contribution is 6.34. The molecule has 1 heterocycles. The minimum atomic E-state index is 0.0466. The van der Waals surface area contributed by atoms with Crippen molar-refractivity contribution in [1.82, 2.24) is 0 Å².